The average Bonchev–Trinajstić information content (AvgIpc) is 3.73. The number of benzene rings is 2. The Morgan fingerprint density at radius 2 is 1.84 bits per heavy atom. The molecule has 1 aliphatic carbocycles. The Morgan fingerprint density at radius 1 is 1.11 bits per heavy atom. The molecule has 1 saturated carbocycles. The SMILES string of the molecule is NC(=O)C(c1ccc(-c2ccc3cccnc3c2)cc1F)N1CCC2(CC1)CN(C1(CO)CC1)C(=O)CO2. The third kappa shape index (κ3) is 4.34. The Labute approximate surface area is 220 Å². The van der Waals surface area contributed by atoms with Crippen molar-refractivity contribution in [1.29, 1.82) is 0 Å². The van der Waals surface area contributed by atoms with Crippen LogP contribution in [-0.2, 0) is 14.3 Å². The largest absolute Gasteiger partial charge is 0.394 e. The van der Waals surface area contributed by atoms with E-state index in [1.54, 1.807) is 17.2 Å². The lowest BCUT2D eigenvalue weighted by atomic mass is 9.87. The summed E-state index contributed by atoms with van der Waals surface area (Å²) in [5.41, 5.74) is 7.41. The minimum atomic E-state index is -0.909. The second kappa shape index (κ2) is 9.41. The third-order valence-corrected chi connectivity index (χ3v) is 8.52. The monoisotopic (exact) mass is 518 g/mol. The predicted octanol–water partition coefficient (Wildman–Crippen LogP) is 2.79. The molecule has 3 aromatic rings. The number of nitrogens with two attached hydrogens (primary N) is 1. The summed E-state index contributed by atoms with van der Waals surface area (Å²) in [6.45, 7) is 1.31. The number of pyridine rings is 1. The zero-order chi connectivity index (χ0) is 26.5. The minimum absolute atomic E-state index is 0.0125. The molecule has 1 spiro atoms. The van der Waals surface area contributed by atoms with Crippen molar-refractivity contribution >= 4 is 22.7 Å². The molecule has 38 heavy (non-hydrogen) atoms. The van der Waals surface area contributed by atoms with E-state index in [-0.39, 0.29) is 24.7 Å². The minimum Gasteiger partial charge on any atom is -0.394 e. The van der Waals surface area contributed by atoms with Crippen molar-refractivity contribution in [2.75, 3.05) is 32.8 Å². The van der Waals surface area contributed by atoms with Crippen LogP contribution < -0.4 is 5.73 Å². The molecule has 1 atom stereocenters. The molecular formula is C29H31FN4O4. The second-order valence-corrected chi connectivity index (χ2v) is 10.8. The quantitative estimate of drug-likeness (QED) is 0.520. The smallest absolute Gasteiger partial charge is 0.249 e. The maximum atomic E-state index is 15.5. The van der Waals surface area contributed by atoms with Gasteiger partial charge in [0.15, 0.2) is 0 Å². The van der Waals surface area contributed by atoms with Crippen molar-refractivity contribution in [3.05, 3.63) is 66.1 Å². The lowest BCUT2D eigenvalue weighted by molar-refractivity contribution is -0.180. The van der Waals surface area contributed by atoms with Crippen LogP contribution in [0.2, 0.25) is 0 Å². The Morgan fingerprint density at radius 3 is 2.53 bits per heavy atom. The summed E-state index contributed by atoms with van der Waals surface area (Å²) < 4.78 is 21.5. The van der Waals surface area contributed by atoms with Crippen molar-refractivity contribution in [2.45, 2.75) is 42.9 Å². The predicted molar refractivity (Wildman–Crippen MR) is 139 cm³/mol. The molecule has 3 fully saturated rings. The van der Waals surface area contributed by atoms with Crippen LogP contribution in [0.5, 0.6) is 0 Å². The number of amides is 2. The molecule has 3 N–H and O–H groups in total. The molecular weight excluding hydrogens is 487 g/mol. The fraction of sp³-hybridized carbons (Fsp3) is 0.414. The van der Waals surface area contributed by atoms with Gasteiger partial charge in [0, 0.05) is 30.2 Å². The summed E-state index contributed by atoms with van der Waals surface area (Å²) in [4.78, 5) is 33.2. The highest BCUT2D eigenvalue weighted by molar-refractivity contribution is 5.85. The van der Waals surface area contributed by atoms with Crippen LogP contribution in [0, 0.1) is 5.82 Å². The number of aliphatic hydroxyl groups is 1. The number of nitrogens with zero attached hydrogens (tertiary/aromatic N) is 3. The van der Waals surface area contributed by atoms with E-state index in [9.17, 15) is 14.7 Å². The Kier molecular flexibility index (Phi) is 6.17. The molecule has 2 saturated heterocycles. The van der Waals surface area contributed by atoms with Crippen molar-refractivity contribution in [3.63, 3.8) is 0 Å². The van der Waals surface area contributed by atoms with E-state index in [0.717, 1.165) is 29.3 Å². The highest BCUT2D eigenvalue weighted by atomic mass is 19.1. The van der Waals surface area contributed by atoms with Crippen LogP contribution in [0.15, 0.2) is 54.7 Å². The number of piperidine rings is 1. The first-order valence-corrected chi connectivity index (χ1v) is 13.1. The Bertz CT molecular complexity index is 1400. The van der Waals surface area contributed by atoms with Gasteiger partial charge >= 0.3 is 0 Å². The molecule has 1 unspecified atom stereocenters. The van der Waals surface area contributed by atoms with Crippen LogP contribution in [-0.4, -0.2) is 75.7 Å². The van der Waals surface area contributed by atoms with Gasteiger partial charge in [-0.1, -0.05) is 30.3 Å². The van der Waals surface area contributed by atoms with Crippen molar-refractivity contribution < 1.29 is 23.8 Å². The normalized spacial score (nSPS) is 21.5. The molecule has 6 rings (SSSR count). The summed E-state index contributed by atoms with van der Waals surface area (Å²) in [6, 6.07) is 13.6. The topological polar surface area (TPSA) is 109 Å². The van der Waals surface area contributed by atoms with Crippen LogP contribution in [0.25, 0.3) is 22.0 Å². The van der Waals surface area contributed by atoms with Crippen LogP contribution >= 0.6 is 0 Å². The fourth-order valence-electron chi connectivity index (χ4n) is 6.00. The van der Waals surface area contributed by atoms with Crippen molar-refractivity contribution in [2.24, 2.45) is 5.73 Å². The van der Waals surface area contributed by atoms with Gasteiger partial charge in [-0.3, -0.25) is 19.5 Å². The van der Waals surface area contributed by atoms with Gasteiger partial charge in [-0.2, -0.15) is 0 Å². The molecule has 9 heteroatoms. The number of hydrogen-bond donors (Lipinski definition) is 2. The van der Waals surface area contributed by atoms with Gasteiger partial charge in [0.1, 0.15) is 18.5 Å². The fourth-order valence-corrected chi connectivity index (χ4v) is 6.00. The Hall–Kier alpha value is -3.40. The maximum absolute atomic E-state index is 15.5. The average molecular weight is 519 g/mol. The third-order valence-electron chi connectivity index (χ3n) is 8.52. The molecule has 3 aliphatic rings. The molecule has 2 aromatic carbocycles. The van der Waals surface area contributed by atoms with Gasteiger partial charge in [-0.25, -0.2) is 4.39 Å². The molecule has 1 aromatic heterocycles. The van der Waals surface area contributed by atoms with E-state index >= 15 is 4.39 Å². The molecule has 0 bridgehead atoms. The second-order valence-electron chi connectivity index (χ2n) is 10.8. The highest BCUT2D eigenvalue weighted by Gasteiger charge is 2.55. The first-order valence-electron chi connectivity index (χ1n) is 13.1. The number of likely N-dealkylation sites (tertiary alicyclic amines) is 1. The maximum Gasteiger partial charge on any atom is 0.249 e. The van der Waals surface area contributed by atoms with Gasteiger partial charge in [-0.15, -0.1) is 0 Å². The number of carbonyl (C=O) groups is 2. The molecule has 3 heterocycles. The van der Waals surface area contributed by atoms with Gasteiger partial charge in [0.05, 0.1) is 29.8 Å². The van der Waals surface area contributed by atoms with Crippen molar-refractivity contribution in [1.82, 2.24) is 14.8 Å². The molecule has 2 aliphatic heterocycles. The Balaban J connectivity index is 1.20. The summed E-state index contributed by atoms with van der Waals surface area (Å²) in [5, 5.41) is 10.9. The number of halogens is 1. The number of aromatic nitrogens is 1. The van der Waals surface area contributed by atoms with E-state index in [4.69, 9.17) is 10.5 Å². The zero-order valence-electron chi connectivity index (χ0n) is 21.1. The lowest BCUT2D eigenvalue weighted by Gasteiger charge is -2.49. The molecule has 8 nitrogen and oxygen atoms in total. The summed E-state index contributed by atoms with van der Waals surface area (Å²) in [6.07, 6.45) is 4.47. The van der Waals surface area contributed by atoms with E-state index in [0.29, 0.717) is 38.0 Å². The van der Waals surface area contributed by atoms with Gasteiger partial charge in [-0.05, 0) is 55.0 Å². The van der Waals surface area contributed by atoms with Crippen molar-refractivity contribution in [3.8, 4) is 11.1 Å². The number of aliphatic hydroxyl groups excluding tert-OH is 1. The number of primary amides is 1. The van der Waals surface area contributed by atoms with E-state index < -0.39 is 28.9 Å². The van der Waals surface area contributed by atoms with Gasteiger partial charge < -0.3 is 20.5 Å². The number of rotatable bonds is 6. The summed E-state index contributed by atoms with van der Waals surface area (Å²) in [7, 11) is 0. The highest BCUT2D eigenvalue weighted by Crippen LogP contribution is 2.45. The number of morpholine rings is 1. The molecule has 2 amide bonds. The standard InChI is InChI=1S/C29H31FN4O4/c30-23-14-20(21-4-3-19-2-1-11-32-24(19)15-21)5-6-22(23)26(27(31)37)33-12-9-29(10-13-33)17-34(25(36)16-38-29)28(18-35)7-8-28/h1-6,11,14-15,26,35H,7-10,12-13,16-18H2,(H2,31,37). The summed E-state index contributed by atoms with van der Waals surface area (Å²) >= 11 is 0. The lowest BCUT2D eigenvalue weighted by Crippen LogP contribution is -2.62. The van der Waals surface area contributed by atoms with E-state index in [1.807, 2.05) is 41.3 Å². The molecule has 198 valence electrons. The first-order chi connectivity index (χ1) is 18.3. The van der Waals surface area contributed by atoms with E-state index in [1.165, 1.54) is 6.07 Å². The zero-order valence-corrected chi connectivity index (χ0v) is 21.1. The number of hydrogen-bond acceptors (Lipinski definition) is 6. The van der Waals surface area contributed by atoms with Gasteiger partial charge in [0.25, 0.3) is 0 Å². The van der Waals surface area contributed by atoms with Crippen LogP contribution in [0.3, 0.4) is 0 Å². The summed E-state index contributed by atoms with van der Waals surface area (Å²) in [5.74, 6) is -1.19. The van der Waals surface area contributed by atoms with Crippen LogP contribution in [0.4, 0.5) is 4.39 Å². The van der Waals surface area contributed by atoms with E-state index in [2.05, 4.69) is 4.98 Å². The number of fused-ring (bicyclic) bond motifs is 1. The van der Waals surface area contributed by atoms with Crippen LogP contribution in [0.1, 0.15) is 37.3 Å². The number of ether oxygens (including phenoxy) is 1. The van der Waals surface area contributed by atoms with Gasteiger partial charge in [0.2, 0.25) is 11.8 Å². The first kappa shape index (κ1) is 24.9. The molecule has 0 radical (unpaired) electrons. The number of carbonyl (C=O) groups excluding carboxylic acids is 2.